The summed E-state index contributed by atoms with van der Waals surface area (Å²) in [4.78, 5) is 14.2. The molecule has 11 heteroatoms. The standard InChI is InChI=1S/C33H30O10S/c1-20-11-17-24(18-12-20)44(35,36)43-30-26(34)25-28(38-3)31(39-4)33(41-19-21-9-7-6-8-10-21)32(40-5)29(25)42-27(30)22-13-15-23(37-2)16-14-22/h6-18H,19H2,1-5H3. The number of aryl methyl sites for hydroxylation is 1. The largest absolute Gasteiger partial charge is 0.497 e. The molecule has 228 valence electrons. The Kier molecular flexibility index (Phi) is 8.68. The molecule has 0 amide bonds. The predicted octanol–water partition coefficient (Wildman–Crippen LogP) is 6.15. The summed E-state index contributed by atoms with van der Waals surface area (Å²) in [6.07, 6.45) is 0. The minimum atomic E-state index is -4.48. The molecule has 0 aliphatic carbocycles. The quantitative estimate of drug-likeness (QED) is 0.159. The molecular weight excluding hydrogens is 588 g/mol. The van der Waals surface area contributed by atoms with Gasteiger partial charge >= 0.3 is 10.1 Å². The van der Waals surface area contributed by atoms with E-state index in [0.717, 1.165) is 11.1 Å². The van der Waals surface area contributed by atoms with Crippen molar-refractivity contribution >= 4 is 21.1 Å². The smallest absolute Gasteiger partial charge is 0.339 e. The van der Waals surface area contributed by atoms with E-state index in [2.05, 4.69) is 0 Å². The fourth-order valence-corrected chi connectivity index (χ4v) is 5.54. The van der Waals surface area contributed by atoms with Gasteiger partial charge in [-0.15, -0.1) is 0 Å². The minimum Gasteiger partial charge on any atom is -0.497 e. The third kappa shape index (κ3) is 5.73. The van der Waals surface area contributed by atoms with Gasteiger partial charge in [-0.05, 0) is 48.9 Å². The van der Waals surface area contributed by atoms with Crippen LogP contribution in [-0.4, -0.2) is 36.9 Å². The number of ether oxygens (including phenoxy) is 5. The highest BCUT2D eigenvalue weighted by molar-refractivity contribution is 7.87. The molecule has 0 unspecified atom stereocenters. The monoisotopic (exact) mass is 618 g/mol. The van der Waals surface area contributed by atoms with Crippen molar-refractivity contribution in [1.29, 1.82) is 0 Å². The Hall–Kier alpha value is -5.16. The van der Waals surface area contributed by atoms with Crippen molar-refractivity contribution in [3.8, 4) is 45.8 Å². The first-order valence-electron chi connectivity index (χ1n) is 13.4. The van der Waals surface area contributed by atoms with E-state index >= 15 is 0 Å². The Bertz CT molecular complexity index is 1950. The van der Waals surface area contributed by atoms with E-state index in [9.17, 15) is 13.2 Å². The molecular formula is C33H30O10S. The second-order valence-electron chi connectivity index (χ2n) is 9.58. The fraction of sp³-hybridized carbons (Fsp3) is 0.182. The van der Waals surface area contributed by atoms with Gasteiger partial charge in [0.15, 0.2) is 17.1 Å². The first-order chi connectivity index (χ1) is 21.2. The van der Waals surface area contributed by atoms with E-state index in [1.54, 1.807) is 36.4 Å². The average Bonchev–Trinajstić information content (AvgIpc) is 3.04. The summed E-state index contributed by atoms with van der Waals surface area (Å²) in [5, 5.41) is -0.167. The van der Waals surface area contributed by atoms with Crippen LogP contribution in [0.15, 0.2) is 93.0 Å². The van der Waals surface area contributed by atoms with Gasteiger partial charge in [0.1, 0.15) is 22.6 Å². The predicted molar refractivity (Wildman–Crippen MR) is 164 cm³/mol. The van der Waals surface area contributed by atoms with Crippen molar-refractivity contribution in [1.82, 2.24) is 0 Å². The Balaban J connectivity index is 1.80. The van der Waals surface area contributed by atoms with Crippen LogP contribution in [0.4, 0.5) is 0 Å². The second-order valence-corrected chi connectivity index (χ2v) is 11.1. The first kappa shape index (κ1) is 30.3. The van der Waals surface area contributed by atoms with Crippen molar-refractivity contribution in [3.05, 3.63) is 100 Å². The Morgan fingerprint density at radius 3 is 1.91 bits per heavy atom. The van der Waals surface area contributed by atoms with E-state index in [1.165, 1.54) is 40.6 Å². The molecule has 0 bridgehead atoms. The van der Waals surface area contributed by atoms with E-state index < -0.39 is 21.3 Å². The molecule has 44 heavy (non-hydrogen) atoms. The normalized spacial score (nSPS) is 11.2. The SMILES string of the molecule is COc1ccc(-c2oc3c(OC)c(OCc4ccccc4)c(OC)c(OC)c3c(=O)c2OS(=O)(=O)c2ccc(C)cc2)cc1. The van der Waals surface area contributed by atoms with Crippen LogP contribution in [0, 0.1) is 6.92 Å². The minimum absolute atomic E-state index is 0.0355. The summed E-state index contributed by atoms with van der Waals surface area (Å²) in [6, 6.07) is 21.9. The zero-order valence-corrected chi connectivity index (χ0v) is 25.5. The van der Waals surface area contributed by atoms with E-state index in [4.69, 9.17) is 32.3 Å². The van der Waals surface area contributed by atoms with Crippen LogP contribution in [0.2, 0.25) is 0 Å². The Morgan fingerprint density at radius 1 is 0.682 bits per heavy atom. The number of benzene rings is 4. The molecule has 5 aromatic rings. The fourth-order valence-electron chi connectivity index (χ4n) is 4.61. The lowest BCUT2D eigenvalue weighted by Crippen LogP contribution is -2.18. The molecule has 1 heterocycles. The number of hydrogen-bond donors (Lipinski definition) is 0. The van der Waals surface area contributed by atoms with Crippen molar-refractivity contribution in [2.24, 2.45) is 0 Å². The molecule has 0 atom stereocenters. The maximum Gasteiger partial charge on any atom is 0.339 e. The summed E-state index contributed by atoms with van der Waals surface area (Å²) in [6.45, 7) is 1.95. The highest BCUT2D eigenvalue weighted by atomic mass is 32.2. The molecule has 0 spiro atoms. The topological polar surface area (TPSA) is 120 Å². The van der Waals surface area contributed by atoms with Gasteiger partial charge in [-0.25, -0.2) is 0 Å². The van der Waals surface area contributed by atoms with E-state index in [1.807, 2.05) is 37.3 Å². The van der Waals surface area contributed by atoms with Crippen LogP contribution < -0.4 is 33.3 Å². The first-order valence-corrected chi connectivity index (χ1v) is 14.8. The second kappa shape index (κ2) is 12.6. The molecule has 4 aromatic carbocycles. The molecule has 5 rings (SSSR count). The Morgan fingerprint density at radius 2 is 1.32 bits per heavy atom. The lowest BCUT2D eigenvalue weighted by molar-refractivity contribution is 0.259. The highest BCUT2D eigenvalue weighted by Crippen LogP contribution is 2.52. The summed E-state index contributed by atoms with van der Waals surface area (Å²) in [5.41, 5.74) is 1.14. The van der Waals surface area contributed by atoms with Gasteiger partial charge in [0.25, 0.3) is 0 Å². The number of fused-ring (bicyclic) bond motifs is 1. The third-order valence-corrected chi connectivity index (χ3v) is 8.05. The third-order valence-electron chi connectivity index (χ3n) is 6.82. The molecule has 0 fully saturated rings. The number of methoxy groups -OCH3 is 4. The summed E-state index contributed by atoms with van der Waals surface area (Å²) in [7, 11) is 1.14. The molecule has 0 saturated heterocycles. The van der Waals surface area contributed by atoms with Gasteiger partial charge in [0, 0.05) is 5.56 Å². The molecule has 0 N–H and O–H groups in total. The van der Waals surface area contributed by atoms with Crippen LogP contribution in [-0.2, 0) is 16.7 Å². The van der Waals surface area contributed by atoms with Gasteiger partial charge in [0.05, 0.1) is 28.4 Å². The van der Waals surface area contributed by atoms with Gasteiger partial charge in [0.2, 0.25) is 28.4 Å². The zero-order valence-electron chi connectivity index (χ0n) is 24.7. The van der Waals surface area contributed by atoms with Gasteiger partial charge in [-0.1, -0.05) is 48.0 Å². The van der Waals surface area contributed by atoms with E-state index in [-0.39, 0.29) is 51.2 Å². The van der Waals surface area contributed by atoms with E-state index in [0.29, 0.717) is 11.3 Å². The lowest BCUT2D eigenvalue weighted by Gasteiger charge is -2.20. The maximum atomic E-state index is 14.3. The number of rotatable bonds is 11. The maximum absolute atomic E-state index is 14.3. The molecule has 0 aliphatic heterocycles. The lowest BCUT2D eigenvalue weighted by atomic mass is 10.1. The van der Waals surface area contributed by atoms with Crippen molar-refractivity contribution in [3.63, 3.8) is 0 Å². The van der Waals surface area contributed by atoms with Gasteiger partial charge in [-0.2, -0.15) is 8.42 Å². The van der Waals surface area contributed by atoms with Crippen LogP contribution >= 0.6 is 0 Å². The Labute approximate surface area is 254 Å². The summed E-state index contributed by atoms with van der Waals surface area (Å²) in [5.74, 6) is -0.0684. The van der Waals surface area contributed by atoms with Crippen molar-refractivity contribution in [2.45, 2.75) is 18.4 Å². The molecule has 0 radical (unpaired) electrons. The van der Waals surface area contributed by atoms with Gasteiger partial charge < -0.3 is 32.3 Å². The number of hydrogen-bond acceptors (Lipinski definition) is 10. The molecule has 1 aromatic heterocycles. The molecule has 0 aliphatic rings. The van der Waals surface area contributed by atoms with Crippen LogP contribution in [0.25, 0.3) is 22.3 Å². The summed E-state index contributed by atoms with van der Waals surface area (Å²) < 4.78 is 67.2. The van der Waals surface area contributed by atoms with Crippen LogP contribution in [0.5, 0.6) is 34.5 Å². The molecule has 10 nitrogen and oxygen atoms in total. The van der Waals surface area contributed by atoms with Crippen LogP contribution in [0.3, 0.4) is 0 Å². The van der Waals surface area contributed by atoms with Gasteiger partial charge in [-0.3, -0.25) is 4.79 Å². The average molecular weight is 619 g/mol. The van der Waals surface area contributed by atoms with Crippen LogP contribution in [0.1, 0.15) is 11.1 Å². The summed E-state index contributed by atoms with van der Waals surface area (Å²) >= 11 is 0. The highest BCUT2D eigenvalue weighted by Gasteiger charge is 2.32. The van der Waals surface area contributed by atoms with Crippen molar-refractivity contribution < 1.29 is 40.7 Å². The zero-order chi connectivity index (χ0) is 31.4. The van der Waals surface area contributed by atoms with Crippen molar-refractivity contribution in [2.75, 3.05) is 28.4 Å². The molecule has 0 saturated carbocycles.